The topological polar surface area (TPSA) is 29.5 Å². The Kier molecular flexibility index (Phi) is 4.93. The maximum atomic E-state index is 13.4. The first-order valence-electron chi connectivity index (χ1n) is 6.35. The van der Waals surface area contributed by atoms with Crippen molar-refractivity contribution in [2.24, 2.45) is 5.92 Å². The van der Waals surface area contributed by atoms with E-state index in [4.69, 9.17) is 4.74 Å². The lowest BCUT2D eigenvalue weighted by Crippen LogP contribution is -2.36. The Hall–Kier alpha value is -0.940. The number of piperidine rings is 1. The van der Waals surface area contributed by atoms with Crippen LogP contribution in [0, 0.1) is 11.7 Å². The van der Waals surface area contributed by atoms with Crippen molar-refractivity contribution < 1.29 is 13.9 Å². The Morgan fingerprint density at radius 3 is 2.79 bits per heavy atom. The fraction of sp³-hybridized carbons (Fsp3) is 0.500. The minimum Gasteiger partial charge on any atom is -0.469 e. The van der Waals surface area contributed by atoms with Gasteiger partial charge in [-0.15, -0.1) is 0 Å². The van der Waals surface area contributed by atoms with Crippen molar-refractivity contribution in [2.45, 2.75) is 19.4 Å². The summed E-state index contributed by atoms with van der Waals surface area (Å²) < 4.78 is 18.7. The lowest BCUT2D eigenvalue weighted by atomic mass is 9.96. The molecule has 0 aliphatic carbocycles. The number of hydrogen-bond acceptors (Lipinski definition) is 3. The number of esters is 1. The summed E-state index contributed by atoms with van der Waals surface area (Å²) in [5.41, 5.74) is 0.941. The minimum atomic E-state index is -0.234. The molecular formula is C14H17BrFNO2. The van der Waals surface area contributed by atoms with Crippen LogP contribution >= 0.6 is 15.9 Å². The lowest BCUT2D eigenvalue weighted by molar-refractivity contribution is -0.147. The molecule has 1 saturated heterocycles. The van der Waals surface area contributed by atoms with Crippen LogP contribution in [0.25, 0.3) is 0 Å². The fourth-order valence-corrected chi connectivity index (χ4v) is 2.79. The van der Waals surface area contributed by atoms with Gasteiger partial charge >= 0.3 is 5.97 Å². The van der Waals surface area contributed by atoms with Crippen LogP contribution in [0.15, 0.2) is 22.7 Å². The summed E-state index contributed by atoms with van der Waals surface area (Å²) >= 11 is 3.28. The standard InChI is InChI=1S/C14H17BrFNO2/c1-19-14(18)10-5-7-17(8-6-10)9-11-3-2-4-12(16)13(11)15/h2-4,10H,5-9H2,1H3. The van der Waals surface area contributed by atoms with Gasteiger partial charge < -0.3 is 4.74 Å². The first-order chi connectivity index (χ1) is 9.11. The molecule has 0 bridgehead atoms. The molecule has 0 unspecified atom stereocenters. The zero-order valence-electron chi connectivity index (χ0n) is 10.9. The van der Waals surface area contributed by atoms with Crippen molar-refractivity contribution in [1.29, 1.82) is 0 Å². The van der Waals surface area contributed by atoms with Crippen molar-refractivity contribution in [3.8, 4) is 0 Å². The fourth-order valence-electron chi connectivity index (χ4n) is 2.40. The molecule has 0 radical (unpaired) electrons. The highest BCUT2D eigenvalue weighted by Crippen LogP contribution is 2.24. The van der Waals surface area contributed by atoms with Crippen molar-refractivity contribution in [3.63, 3.8) is 0 Å². The lowest BCUT2D eigenvalue weighted by Gasteiger charge is -2.30. The summed E-state index contributed by atoms with van der Waals surface area (Å²) in [4.78, 5) is 13.7. The molecule has 0 amide bonds. The van der Waals surface area contributed by atoms with E-state index in [1.807, 2.05) is 6.07 Å². The number of rotatable bonds is 3. The van der Waals surface area contributed by atoms with Gasteiger partial charge in [0.05, 0.1) is 17.5 Å². The van der Waals surface area contributed by atoms with E-state index in [9.17, 15) is 9.18 Å². The Morgan fingerprint density at radius 1 is 1.47 bits per heavy atom. The third-order valence-corrected chi connectivity index (χ3v) is 4.44. The second-order valence-electron chi connectivity index (χ2n) is 4.79. The molecule has 3 nitrogen and oxygen atoms in total. The molecule has 0 atom stereocenters. The molecule has 0 aromatic heterocycles. The summed E-state index contributed by atoms with van der Waals surface area (Å²) in [5.74, 6) is -0.342. The SMILES string of the molecule is COC(=O)C1CCN(Cc2cccc(F)c2Br)CC1. The molecule has 1 fully saturated rings. The Balaban J connectivity index is 1.92. The summed E-state index contributed by atoms with van der Waals surface area (Å²) in [7, 11) is 1.43. The zero-order chi connectivity index (χ0) is 13.8. The van der Waals surface area contributed by atoms with E-state index >= 15 is 0 Å². The smallest absolute Gasteiger partial charge is 0.308 e. The van der Waals surface area contributed by atoms with Crippen LogP contribution in [0.3, 0.4) is 0 Å². The molecule has 1 aromatic rings. The number of benzene rings is 1. The van der Waals surface area contributed by atoms with Crippen molar-refractivity contribution in [2.75, 3.05) is 20.2 Å². The monoisotopic (exact) mass is 329 g/mol. The van der Waals surface area contributed by atoms with Gasteiger partial charge in [0.15, 0.2) is 0 Å². The number of methoxy groups -OCH3 is 1. The van der Waals surface area contributed by atoms with E-state index in [1.54, 1.807) is 6.07 Å². The van der Waals surface area contributed by atoms with Crippen LogP contribution in [0.4, 0.5) is 4.39 Å². The molecule has 1 aliphatic heterocycles. The number of hydrogen-bond donors (Lipinski definition) is 0. The van der Waals surface area contributed by atoms with Crippen molar-refractivity contribution in [1.82, 2.24) is 4.90 Å². The van der Waals surface area contributed by atoms with Gasteiger partial charge in [0.25, 0.3) is 0 Å². The molecule has 5 heteroatoms. The summed E-state index contributed by atoms with van der Waals surface area (Å²) in [6.07, 6.45) is 1.61. The first-order valence-corrected chi connectivity index (χ1v) is 7.14. The van der Waals surface area contributed by atoms with Gasteiger partial charge in [0.2, 0.25) is 0 Å². The Labute approximate surface area is 120 Å². The highest BCUT2D eigenvalue weighted by molar-refractivity contribution is 9.10. The molecule has 0 saturated carbocycles. The summed E-state index contributed by atoms with van der Waals surface area (Å²) in [6.45, 7) is 2.37. The van der Waals surface area contributed by atoms with Gasteiger partial charge in [-0.25, -0.2) is 4.39 Å². The van der Waals surface area contributed by atoms with Crippen LogP contribution in [0.2, 0.25) is 0 Å². The van der Waals surface area contributed by atoms with Gasteiger partial charge in [-0.2, -0.15) is 0 Å². The number of halogens is 2. The molecule has 0 N–H and O–H groups in total. The Morgan fingerprint density at radius 2 is 2.16 bits per heavy atom. The van der Waals surface area contributed by atoms with Crippen LogP contribution < -0.4 is 0 Å². The molecule has 19 heavy (non-hydrogen) atoms. The van der Waals surface area contributed by atoms with Crippen molar-refractivity contribution >= 4 is 21.9 Å². The van der Waals surface area contributed by atoms with Gasteiger partial charge in [0.1, 0.15) is 5.82 Å². The first kappa shape index (κ1) is 14.5. The largest absolute Gasteiger partial charge is 0.469 e. The quantitative estimate of drug-likeness (QED) is 0.798. The highest BCUT2D eigenvalue weighted by Gasteiger charge is 2.25. The number of carbonyl (C=O) groups is 1. The van der Waals surface area contributed by atoms with Crippen molar-refractivity contribution in [3.05, 3.63) is 34.1 Å². The van der Waals surface area contributed by atoms with Gasteiger partial charge in [0, 0.05) is 6.54 Å². The molecule has 1 aliphatic rings. The molecule has 1 aromatic carbocycles. The zero-order valence-corrected chi connectivity index (χ0v) is 12.5. The van der Waals surface area contributed by atoms with E-state index in [0.717, 1.165) is 31.5 Å². The molecule has 1 heterocycles. The van der Waals surface area contributed by atoms with Crippen LogP contribution in [0.1, 0.15) is 18.4 Å². The molecule has 2 rings (SSSR count). The normalized spacial score (nSPS) is 17.4. The second-order valence-corrected chi connectivity index (χ2v) is 5.58. The maximum Gasteiger partial charge on any atom is 0.308 e. The number of carbonyl (C=O) groups excluding carboxylic acids is 1. The second kappa shape index (κ2) is 6.48. The highest BCUT2D eigenvalue weighted by atomic mass is 79.9. The average Bonchev–Trinajstić information content (AvgIpc) is 2.44. The van der Waals surface area contributed by atoms with Crippen LogP contribution in [0.5, 0.6) is 0 Å². The van der Waals surface area contributed by atoms with Crippen LogP contribution in [-0.4, -0.2) is 31.1 Å². The predicted octanol–water partition coefficient (Wildman–Crippen LogP) is 2.97. The van der Waals surface area contributed by atoms with E-state index in [2.05, 4.69) is 20.8 Å². The third kappa shape index (κ3) is 3.54. The maximum absolute atomic E-state index is 13.4. The average molecular weight is 330 g/mol. The van der Waals surface area contributed by atoms with E-state index in [0.29, 0.717) is 11.0 Å². The summed E-state index contributed by atoms with van der Waals surface area (Å²) in [6, 6.07) is 5.08. The molecular weight excluding hydrogens is 313 g/mol. The van der Waals surface area contributed by atoms with Gasteiger partial charge in [-0.05, 0) is 53.5 Å². The number of nitrogens with zero attached hydrogens (tertiary/aromatic N) is 1. The summed E-state index contributed by atoms with van der Waals surface area (Å²) in [5, 5.41) is 0. The van der Waals surface area contributed by atoms with E-state index in [-0.39, 0.29) is 17.7 Å². The van der Waals surface area contributed by atoms with Gasteiger partial charge in [-0.1, -0.05) is 12.1 Å². The number of ether oxygens (including phenoxy) is 1. The predicted molar refractivity (Wildman–Crippen MR) is 74.1 cm³/mol. The Bertz CT molecular complexity index is 459. The van der Waals surface area contributed by atoms with E-state index < -0.39 is 0 Å². The number of likely N-dealkylation sites (tertiary alicyclic amines) is 1. The molecule has 104 valence electrons. The minimum absolute atomic E-state index is 0.0113. The van der Waals surface area contributed by atoms with Gasteiger partial charge in [-0.3, -0.25) is 9.69 Å². The van der Waals surface area contributed by atoms with E-state index in [1.165, 1.54) is 13.2 Å². The molecule has 0 spiro atoms. The van der Waals surface area contributed by atoms with Crippen LogP contribution in [-0.2, 0) is 16.1 Å². The third-order valence-electron chi connectivity index (χ3n) is 3.55.